The first-order valence-electron chi connectivity index (χ1n) is 10.6. The van der Waals surface area contributed by atoms with Gasteiger partial charge in [0.15, 0.2) is 0 Å². The van der Waals surface area contributed by atoms with E-state index in [-0.39, 0.29) is 5.63 Å². The van der Waals surface area contributed by atoms with E-state index in [0.29, 0.717) is 5.56 Å². The van der Waals surface area contributed by atoms with Crippen molar-refractivity contribution in [1.82, 2.24) is 0 Å². The van der Waals surface area contributed by atoms with Crippen molar-refractivity contribution in [1.29, 1.82) is 0 Å². The van der Waals surface area contributed by atoms with Gasteiger partial charge in [-0.2, -0.15) is 0 Å². The van der Waals surface area contributed by atoms with Crippen molar-refractivity contribution in [2.45, 2.75) is 32.6 Å². The summed E-state index contributed by atoms with van der Waals surface area (Å²) in [5.74, 6) is 0. The molecule has 6 rings (SSSR count). The predicted octanol–water partition coefficient (Wildman–Crippen LogP) is 5.62. The van der Waals surface area contributed by atoms with E-state index in [1.54, 1.807) is 0 Å². The standard InChI is InChI=1S/C26H23NO2/c1-16-22-15-18-9-5-13-27-14-6-12-21(24(18)27)25(22)29-26(28)23(16)20-11-4-8-17-7-2-3-10-19(17)20/h2-4,7-8,10-11,15H,5-6,9,12-14H2,1H3. The van der Waals surface area contributed by atoms with E-state index >= 15 is 0 Å². The Morgan fingerprint density at radius 2 is 1.72 bits per heavy atom. The summed E-state index contributed by atoms with van der Waals surface area (Å²) in [4.78, 5) is 15.7. The molecule has 3 heterocycles. The first-order chi connectivity index (χ1) is 14.2. The number of aryl methyl sites for hydroxylation is 3. The van der Waals surface area contributed by atoms with E-state index in [9.17, 15) is 4.79 Å². The largest absolute Gasteiger partial charge is 0.422 e. The van der Waals surface area contributed by atoms with Gasteiger partial charge in [0, 0.05) is 29.7 Å². The van der Waals surface area contributed by atoms with Gasteiger partial charge in [-0.1, -0.05) is 42.5 Å². The Morgan fingerprint density at radius 1 is 0.931 bits per heavy atom. The SMILES string of the molecule is Cc1c(-c2cccc3ccccc23)c(=O)oc2c3c4c(cc12)CCCN4CCC3. The number of nitrogens with zero attached hydrogens (tertiary/aromatic N) is 1. The molecule has 144 valence electrons. The van der Waals surface area contributed by atoms with Gasteiger partial charge in [0.1, 0.15) is 5.58 Å². The zero-order valence-electron chi connectivity index (χ0n) is 16.6. The van der Waals surface area contributed by atoms with Crippen LogP contribution in [0, 0.1) is 6.92 Å². The number of hydrogen-bond donors (Lipinski definition) is 0. The topological polar surface area (TPSA) is 33.5 Å². The molecule has 0 spiro atoms. The summed E-state index contributed by atoms with van der Waals surface area (Å²) < 4.78 is 6.07. The summed E-state index contributed by atoms with van der Waals surface area (Å²) in [6, 6.07) is 16.7. The average molecular weight is 381 g/mol. The highest BCUT2D eigenvalue weighted by atomic mass is 16.4. The maximum absolute atomic E-state index is 13.3. The van der Waals surface area contributed by atoms with Crippen LogP contribution in [-0.4, -0.2) is 13.1 Å². The third-order valence-electron chi connectivity index (χ3n) is 6.71. The van der Waals surface area contributed by atoms with E-state index in [4.69, 9.17) is 4.42 Å². The molecule has 4 aromatic rings. The first kappa shape index (κ1) is 16.8. The molecule has 0 radical (unpaired) electrons. The monoisotopic (exact) mass is 381 g/mol. The van der Waals surface area contributed by atoms with Crippen LogP contribution in [-0.2, 0) is 12.8 Å². The number of rotatable bonds is 1. The van der Waals surface area contributed by atoms with Gasteiger partial charge in [0.25, 0.3) is 0 Å². The quantitative estimate of drug-likeness (QED) is 0.401. The van der Waals surface area contributed by atoms with E-state index in [1.165, 1.54) is 23.2 Å². The number of anilines is 1. The Kier molecular flexibility index (Phi) is 3.61. The van der Waals surface area contributed by atoms with Crippen molar-refractivity contribution in [3.05, 3.63) is 75.6 Å². The van der Waals surface area contributed by atoms with Crippen molar-refractivity contribution in [3.63, 3.8) is 0 Å². The van der Waals surface area contributed by atoms with Gasteiger partial charge in [-0.25, -0.2) is 4.79 Å². The van der Waals surface area contributed by atoms with Crippen LogP contribution in [0.1, 0.15) is 29.5 Å². The van der Waals surface area contributed by atoms with Gasteiger partial charge in [-0.15, -0.1) is 0 Å². The highest BCUT2D eigenvalue weighted by Crippen LogP contribution is 2.42. The van der Waals surface area contributed by atoms with Crippen molar-refractivity contribution in [2.24, 2.45) is 0 Å². The van der Waals surface area contributed by atoms with Crippen LogP contribution in [0.2, 0.25) is 0 Å². The molecule has 0 unspecified atom stereocenters. The summed E-state index contributed by atoms with van der Waals surface area (Å²) in [5, 5.41) is 3.33. The minimum atomic E-state index is -0.226. The number of fused-ring (bicyclic) bond motifs is 3. The molecule has 0 saturated heterocycles. The summed E-state index contributed by atoms with van der Waals surface area (Å²) in [6.45, 7) is 4.31. The van der Waals surface area contributed by atoms with E-state index < -0.39 is 0 Å². The number of hydrogen-bond acceptors (Lipinski definition) is 3. The third-order valence-corrected chi connectivity index (χ3v) is 6.71. The fourth-order valence-electron chi connectivity index (χ4n) is 5.41. The molecule has 0 N–H and O–H groups in total. The van der Waals surface area contributed by atoms with Gasteiger partial charge < -0.3 is 9.32 Å². The molecule has 0 amide bonds. The molecule has 2 aliphatic heterocycles. The van der Waals surface area contributed by atoms with Crippen molar-refractivity contribution < 1.29 is 4.42 Å². The fraction of sp³-hybridized carbons (Fsp3) is 0.269. The van der Waals surface area contributed by atoms with E-state index in [0.717, 1.165) is 65.2 Å². The van der Waals surface area contributed by atoms with E-state index in [2.05, 4.69) is 36.1 Å². The minimum absolute atomic E-state index is 0.226. The molecular formula is C26H23NO2. The Labute approximate surface area is 169 Å². The van der Waals surface area contributed by atoms with Gasteiger partial charge in [0.2, 0.25) is 0 Å². The van der Waals surface area contributed by atoms with Crippen molar-refractivity contribution >= 4 is 27.4 Å². The van der Waals surface area contributed by atoms with Gasteiger partial charge >= 0.3 is 5.63 Å². The second-order valence-corrected chi connectivity index (χ2v) is 8.35. The second-order valence-electron chi connectivity index (χ2n) is 8.35. The Morgan fingerprint density at radius 3 is 2.62 bits per heavy atom. The molecule has 3 nitrogen and oxygen atoms in total. The molecule has 0 atom stereocenters. The molecule has 0 bridgehead atoms. The van der Waals surface area contributed by atoms with Gasteiger partial charge in [0.05, 0.1) is 5.56 Å². The molecule has 29 heavy (non-hydrogen) atoms. The lowest BCUT2D eigenvalue weighted by Crippen LogP contribution is -2.34. The predicted molar refractivity (Wildman–Crippen MR) is 119 cm³/mol. The molecule has 3 heteroatoms. The van der Waals surface area contributed by atoms with Crippen LogP contribution in [0.5, 0.6) is 0 Å². The molecule has 3 aromatic carbocycles. The summed E-state index contributed by atoms with van der Waals surface area (Å²) in [5.41, 5.74) is 7.28. The minimum Gasteiger partial charge on any atom is -0.422 e. The van der Waals surface area contributed by atoms with Crippen LogP contribution < -0.4 is 10.5 Å². The van der Waals surface area contributed by atoms with Crippen LogP contribution in [0.4, 0.5) is 5.69 Å². The lowest BCUT2D eigenvalue weighted by molar-refractivity contribution is 0.551. The Balaban J connectivity index is 1.70. The van der Waals surface area contributed by atoms with E-state index in [1.807, 2.05) is 24.3 Å². The first-order valence-corrected chi connectivity index (χ1v) is 10.6. The zero-order chi connectivity index (χ0) is 19.5. The summed E-state index contributed by atoms with van der Waals surface area (Å²) in [6.07, 6.45) is 4.42. The lowest BCUT2D eigenvalue weighted by atomic mass is 9.87. The molecule has 0 aliphatic carbocycles. The maximum atomic E-state index is 13.3. The second kappa shape index (κ2) is 6.21. The molecule has 2 aliphatic rings. The van der Waals surface area contributed by atoms with Crippen LogP contribution >= 0.6 is 0 Å². The highest BCUT2D eigenvalue weighted by Gasteiger charge is 2.28. The van der Waals surface area contributed by atoms with Crippen LogP contribution in [0.15, 0.2) is 57.7 Å². The normalized spacial score (nSPS) is 15.7. The molecular weight excluding hydrogens is 358 g/mol. The van der Waals surface area contributed by atoms with Gasteiger partial charge in [-0.05, 0) is 66.1 Å². The van der Waals surface area contributed by atoms with Crippen LogP contribution in [0.25, 0.3) is 32.9 Å². The average Bonchev–Trinajstić information content (AvgIpc) is 2.75. The fourth-order valence-corrected chi connectivity index (χ4v) is 5.41. The number of benzene rings is 3. The van der Waals surface area contributed by atoms with Gasteiger partial charge in [-0.3, -0.25) is 0 Å². The lowest BCUT2D eigenvalue weighted by Gasteiger charge is -2.37. The molecule has 1 aromatic heterocycles. The summed E-state index contributed by atoms with van der Waals surface area (Å²) in [7, 11) is 0. The Hall–Kier alpha value is -3.07. The van der Waals surface area contributed by atoms with Crippen molar-refractivity contribution in [2.75, 3.05) is 18.0 Å². The highest BCUT2D eigenvalue weighted by molar-refractivity contribution is 6.00. The summed E-state index contributed by atoms with van der Waals surface area (Å²) >= 11 is 0. The smallest absolute Gasteiger partial charge is 0.344 e. The van der Waals surface area contributed by atoms with Crippen molar-refractivity contribution in [3.8, 4) is 11.1 Å². The Bertz CT molecular complexity index is 1340. The third kappa shape index (κ3) is 2.40. The van der Waals surface area contributed by atoms with Crippen LogP contribution in [0.3, 0.4) is 0 Å². The molecule has 0 saturated carbocycles. The molecule has 0 fully saturated rings. The maximum Gasteiger partial charge on any atom is 0.344 e. The zero-order valence-corrected chi connectivity index (χ0v) is 16.6.